The zero-order valence-corrected chi connectivity index (χ0v) is 15.8. The van der Waals surface area contributed by atoms with Crippen LogP contribution in [0.4, 0.5) is 0 Å². The summed E-state index contributed by atoms with van der Waals surface area (Å²) in [5.41, 5.74) is 0.721. The number of amides is 1. The smallest absolute Gasteiger partial charge is 0.306 e. The van der Waals surface area contributed by atoms with E-state index in [2.05, 4.69) is 5.32 Å². The van der Waals surface area contributed by atoms with E-state index in [9.17, 15) is 18.0 Å². The van der Waals surface area contributed by atoms with Crippen LogP contribution in [-0.2, 0) is 24.3 Å². The fourth-order valence-corrected chi connectivity index (χ4v) is 3.67. The topological polar surface area (TPSA) is 116 Å². The maximum absolute atomic E-state index is 11.9. The van der Waals surface area contributed by atoms with Gasteiger partial charge in [0.05, 0.1) is 10.9 Å². The lowest BCUT2D eigenvalue weighted by atomic mass is 10.0. The van der Waals surface area contributed by atoms with Gasteiger partial charge in [-0.3, -0.25) is 9.59 Å². The predicted octanol–water partition coefficient (Wildman–Crippen LogP) is 2.02. The molecule has 26 heavy (non-hydrogen) atoms. The Morgan fingerprint density at radius 1 is 1.23 bits per heavy atom. The SMILES string of the molecule is CC(NC(=O)COC(=O)CCC1CCCC1)c1ccc(S(N)(=O)=O)cc1. The van der Waals surface area contributed by atoms with E-state index in [1.165, 1.54) is 37.8 Å². The van der Waals surface area contributed by atoms with E-state index in [1.54, 1.807) is 19.1 Å². The molecule has 0 aliphatic heterocycles. The number of hydrogen-bond donors (Lipinski definition) is 2. The fourth-order valence-electron chi connectivity index (χ4n) is 3.15. The summed E-state index contributed by atoms with van der Waals surface area (Å²) in [4.78, 5) is 23.6. The number of nitrogens with two attached hydrogens (primary N) is 1. The number of sulfonamides is 1. The van der Waals surface area contributed by atoms with Gasteiger partial charge < -0.3 is 10.1 Å². The molecule has 0 heterocycles. The predicted molar refractivity (Wildman–Crippen MR) is 96.5 cm³/mol. The van der Waals surface area contributed by atoms with Crippen LogP contribution in [0, 0.1) is 5.92 Å². The second-order valence-corrected chi connectivity index (χ2v) is 8.31. The van der Waals surface area contributed by atoms with E-state index >= 15 is 0 Å². The van der Waals surface area contributed by atoms with Crippen LogP contribution in [0.15, 0.2) is 29.2 Å². The van der Waals surface area contributed by atoms with Crippen molar-refractivity contribution in [3.8, 4) is 0 Å². The van der Waals surface area contributed by atoms with Crippen LogP contribution in [0.3, 0.4) is 0 Å². The molecule has 7 nitrogen and oxygen atoms in total. The summed E-state index contributed by atoms with van der Waals surface area (Å²) in [5, 5.41) is 7.76. The van der Waals surface area contributed by atoms with E-state index in [1.807, 2.05) is 0 Å². The summed E-state index contributed by atoms with van der Waals surface area (Å²) >= 11 is 0. The van der Waals surface area contributed by atoms with Gasteiger partial charge in [0.1, 0.15) is 0 Å². The summed E-state index contributed by atoms with van der Waals surface area (Å²) < 4.78 is 27.5. The van der Waals surface area contributed by atoms with Crippen molar-refractivity contribution in [2.45, 2.75) is 56.4 Å². The van der Waals surface area contributed by atoms with Crippen LogP contribution in [0.2, 0.25) is 0 Å². The number of primary sulfonamides is 1. The Hall–Kier alpha value is -1.93. The third-order valence-electron chi connectivity index (χ3n) is 4.68. The number of esters is 1. The van der Waals surface area contributed by atoms with Gasteiger partial charge in [-0.05, 0) is 37.0 Å². The summed E-state index contributed by atoms with van der Waals surface area (Å²) in [7, 11) is -3.74. The number of ether oxygens (including phenoxy) is 1. The van der Waals surface area contributed by atoms with Gasteiger partial charge in [0.15, 0.2) is 6.61 Å². The molecule has 0 aromatic heterocycles. The lowest BCUT2D eigenvalue weighted by Gasteiger charge is -2.15. The van der Waals surface area contributed by atoms with Crippen LogP contribution in [0.25, 0.3) is 0 Å². The third kappa shape index (κ3) is 6.42. The Bertz CT molecular complexity index is 724. The van der Waals surface area contributed by atoms with Gasteiger partial charge in [-0.2, -0.15) is 0 Å². The third-order valence-corrected chi connectivity index (χ3v) is 5.61. The Morgan fingerprint density at radius 2 is 1.85 bits per heavy atom. The van der Waals surface area contributed by atoms with E-state index < -0.39 is 15.9 Å². The first-order valence-electron chi connectivity index (χ1n) is 8.83. The molecular formula is C18H26N2O5S. The molecule has 1 saturated carbocycles. The van der Waals surface area contributed by atoms with Crippen molar-refractivity contribution in [2.75, 3.05) is 6.61 Å². The van der Waals surface area contributed by atoms with Gasteiger partial charge in [-0.1, -0.05) is 37.8 Å². The maximum atomic E-state index is 11.9. The second kappa shape index (κ2) is 9.14. The molecule has 144 valence electrons. The van der Waals surface area contributed by atoms with Crippen LogP contribution in [0.1, 0.15) is 57.1 Å². The molecule has 1 amide bonds. The molecule has 0 bridgehead atoms. The number of rotatable bonds is 8. The molecule has 8 heteroatoms. The first kappa shape index (κ1) is 20.4. The zero-order chi connectivity index (χ0) is 19.2. The lowest BCUT2D eigenvalue weighted by Crippen LogP contribution is -2.31. The van der Waals surface area contributed by atoms with Crippen molar-refractivity contribution >= 4 is 21.9 Å². The molecule has 1 unspecified atom stereocenters. The molecule has 1 fully saturated rings. The van der Waals surface area contributed by atoms with Gasteiger partial charge >= 0.3 is 5.97 Å². The highest BCUT2D eigenvalue weighted by Crippen LogP contribution is 2.28. The average molecular weight is 382 g/mol. The van der Waals surface area contributed by atoms with E-state index in [0.29, 0.717) is 12.3 Å². The lowest BCUT2D eigenvalue weighted by molar-refractivity contribution is -0.149. The van der Waals surface area contributed by atoms with Crippen molar-refractivity contribution in [1.82, 2.24) is 5.32 Å². The quantitative estimate of drug-likeness (QED) is 0.667. The molecule has 2 rings (SSSR count). The van der Waals surface area contributed by atoms with Crippen molar-refractivity contribution in [3.63, 3.8) is 0 Å². The highest BCUT2D eigenvalue weighted by atomic mass is 32.2. The minimum absolute atomic E-state index is 0.0102. The van der Waals surface area contributed by atoms with Crippen LogP contribution in [-0.4, -0.2) is 26.9 Å². The first-order chi connectivity index (χ1) is 12.3. The summed E-state index contributed by atoms with van der Waals surface area (Å²) in [6.07, 6.45) is 6.00. The molecule has 0 spiro atoms. The van der Waals surface area contributed by atoms with Crippen molar-refractivity contribution in [2.24, 2.45) is 11.1 Å². The molecule has 1 aromatic carbocycles. The van der Waals surface area contributed by atoms with Crippen LogP contribution in [0.5, 0.6) is 0 Å². The van der Waals surface area contributed by atoms with Gasteiger partial charge in [-0.15, -0.1) is 0 Å². The van der Waals surface area contributed by atoms with E-state index in [4.69, 9.17) is 9.88 Å². The number of carbonyl (C=O) groups excluding carboxylic acids is 2. The molecule has 1 atom stereocenters. The molecular weight excluding hydrogens is 356 g/mol. The Kier molecular flexibility index (Phi) is 7.16. The van der Waals surface area contributed by atoms with Crippen molar-refractivity contribution < 1.29 is 22.7 Å². The minimum atomic E-state index is -3.74. The highest BCUT2D eigenvalue weighted by molar-refractivity contribution is 7.89. The van der Waals surface area contributed by atoms with Gasteiger partial charge in [0, 0.05) is 6.42 Å². The molecule has 1 aliphatic carbocycles. The van der Waals surface area contributed by atoms with Crippen molar-refractivity contribution in [1.29, 1.82) is 0 Å². The van der Waals surface area contributed by atoms with Gasteiger partial charge in [-0.25, -0.2) is 13.6 Å². The van der Waals surface area contributed by atoms with Crippen LogP contribution < -0.4 is 10.5 Å². The summed E-state index contributed by atoms with van der Waals surface area (Å²) in [6.45, 7) is 1.44. The second-order valence-electron chi connectivity index (χ2n) is 6.75. The number of nitrogens with one attached hydrogen (secondary N) is 1. The number of hydrogen-bond acceptors (Lipinski definition) is 5. The normalized spacial score (nSPS) is 16.2. The summed E-state index contributed by atoms with van der Waals surface area (Å²) in [5.74, 6) is -0.142. The fraction of sp³-hybridized carbons (Fsp3) is 0.556. The molecule has 1 aliphatic rings. The van der Waals surface area contributed by atoms with Gasteiger partial charge in [0.25, 0.3) is 5.91 Å². The van der Waals surface area contributed by atoms with E-state index in [-0.39, 0.29) is 23.5 Å². The first-order valence-corrected chi connectivity index (χ1v) is 10.4. The number of carbonyl (C=O) groups is 2. The number of benzene rings is 1. The molecule has 1 aromatic rings. The Labute approximate surface area is 154 Å². The molecule has 0 radical (unpaired) electrons. The monoisotopic (exact) mass is 382 g/mol. The largest absolute Gasteiger partial charge is 0.456 e. The zero-order valence-electron chi connectivity index (χ0n) is 14.9. The summed E-state index contributed by atoms with van der Waals surface area (Å²) in [6, 6.07) is 5.58. The average Bonchev–Trinajstić information content (AvgIpc) is 3.11. The van der Waals surface area contributed by atoms with E-state index in [0.717, 1.165) is 12.0 Å². The maximum Gasteiger partial charge on any atom is 0.306 e. The minimum Gasteiger partial charge on any atom is -0.456 e. The molecule has 3 N–H and O–H groups in total. The van der Waals surface area contributed by atoms with Gasteiger partial charge in [0.2, 0.25) is 10.0 Å². The van der Waals surface area contributed by atoms with Crippen molar-refractivity contribution in [3.05, 3.63) is 29.8 Å². The standard InChI is InChI=1S/C18H26N2O5S/c1-13(15-7-9-16(10-8-15)26(19,23)24)20-17(21)12-25-18(22)11-6-14-4-2-3-5-14/h7-10,13-14H,2-6,11-12H2,1H3,(H,20,21)(H2,19,23,24). The highest BCUT2D eigenvalue weighted by Gasteiger charge is 2.17. The van der Waals surface area contributed by atoms with Crippen LogP contribution >= 0.6 is 0 Å². The Balaban J connectivity index is 1.73. The molecule has 0 saturated heterocycles. The Morgan fingerprint density at radius 3 is 2.42 bits per heavy atom.